The van der Waals surface area contributed by atoms with Crippen molar-refractivity contribution in [2.24, 2.45) is 5.92 Å². The summed E-state index contributed by atoms with van der Waals surface area (Å²) < 4.78 is 0. The molecule has 0 bridgehead atoms. The van der Waals surface area contributed by atoms with E-state index in [9.17, 15) is 5.11 Å². The first kappa shape index (κ1) is 10.1. The second-order valence-electron chi connectivity index (χ2n) is 4.17. The second kappa shape index (κ2) is 3.99. The van der Waals surface area contributed by atoms with Crippen molar-refractivity contribution in [3.8, 4) is 0 Å². The molecule has 0 aliphatic heterocycles. The zero-order valence-electron chi connectivity index (χ0n) is 8.79. The van der Waals surface area contributed by atoms with E-state index in [-0.39, 0.29) is 6.10 Å². The molecule has 14 heavy (non-hydrogen) atoms. The number of aryl methyl sites for hydroxylation is 2. The Kier molecular flexibility index (Phi) is 2.88. The minimum Gasteiger partial charge on any atom is -0.387 e. The highest BCUT2D eigenvalue weighted by atomic mass is 32.1. The molecule has 2 nitrogen and oxygen atoms in total. The van der Waals surface area contributed by atoms with E-state index in [1.165, 1.54) is 25.7 Å². The van der Waals surface area contributed by atoms with Gasteiger partial charge in [0.2, 0.25) is 0 Å². The van der Waals surface area contributed by atoms with Crippen molar-refractivity contribution in [2.45, 2.75) is 45.6 Å². The van der Waals surface area contributed by atoms with Gasteiger partial charge in [0.05, 0.1) is 21.7 Å². The van der Waals surface area contributed by atoms with Crippen LogP contribution in [0.3, 0.4) is 0 Å². The van der Waals surface area contributed by atoms with E-state index in [2.05, 4.69) is 4.98 Å². The summed E-state index contributed by atoms with van der Waals surface area (Å²) in [7, 11) is 0. The van der Waals surface area contributed by atoms with Crippen LogP contribution >= 0.6 is 11.3 Å². The average Bonchev–Trinajstić information content (AvgIpc) is 2.73. The lowest BCUT2D eigenvalue weighted by atomic mass is 9.99. The van der Waals surface area contributed by atoms with Crippen LogP contribution in [0.1, 0.15) is 47.4 Å². The molecule has 1 aliphatic carbocycles. The van der Waals surface area contributed by atoms with E-state index in [0.717, 1.165) is 15.6 Å². The molecule has 0 spiro atoms. The first-order valence-corrected chi connectivity index (χ1v) is 6.12. The Morgan fingerprint density at radius 3 is 2.50 bits per heavy atom. The Hall–Kier alpha value is -0.410. The van der Waals surface area contributed by atoms with Gasteiger partial charge in [-0.05, 0) is 32.6 Å². The number of nitrogens with zero attached hydrogens (tertiary/aromatic N) is 1. The topological polar surface area (TPSA) is 33.1 Å². The summed E-state index contributed by atoms with van der Waals surface area (Å²) in [6.45, 7) is 4.00. The highest BCUT2D eigenvalue weighted by molar-refractivity contribution is 7.11. The molecule has 0 radical (unpaired) electrons. The van der Waals surface area contributed by atoms with Crippen LogP contribution in [0.5, 0.6) is 0 Å². The number of aliphatic hydroxyl groups excluding tert-OH is 1. The fourth-order valence-electron chi connectivity index (χ4n) is 2.31. The average molecular weight is 211 g/mol. The highest BCUT2D eigenvalue weighted by Crippen LogP contribution is 2.38. The van der Waals surface area contributed by atoms with E-state index in [1.807, 2.05) is 13.8 Å². The summed E-state index contributed by atoms with van der Waals surface area (Å²) in [5, 5.41) is 11.2. The molecule has 1 aromatic rings. The maximum atomic E-state index is 10.2. The van der Waals surface area contributed by atoms with Crippen molar-refractivity contribution in [1.82, 2.24) is 4.98 Å². The van der Waals surface area contributed by atoms with Crippen molar-refractivity contribution >= 4 is 11.3 Å². The standard InChI is InChI=1S/C11H17NOS/c1-7-11(14-8(2)12-7)10(13)9-5-3-4-6-9/h9-10,13H,3-6H2,1-2H3. The number of hydrogen-bond acceptors (Lipinski definition) is 3. The van der Waals surface area contributed by atoms with E-state index in [1.54, 1.807) is 11.3 Å². The van der Waals surface area contributed by atoms with Crippen LogP contribution in [0, 0.1) is 19.8 Å². The molecule has 1 aliphatic rings. The van der Waals surface area contributed by atoms with Gasteiger partial charge in [-0.3, -0.25) is 0 Å². The van der Waals surface area contributed by atoms with E-state index < -0.39 is 0 Å². The smallest absolute Gasteiger partial charge is 0.0928 e. The lowest BCUT2D eigenvalue weighted by molar-refractivity contribution is 0.114. The molecule has 1 aromatic heterocycles. The van der Waals surface area contributed by atoms with Gasteiger partial charge in [-0.1, -0.05) is 12.8 Å². The van der Waals surface area contributed by atoms with Crippen LogP contribution in [0.25, 0.3) is 0 Å². The summed E-state index contributed by atoms with van der Waals surface area (Å²) in [5.41, 5.74) is 1.02. The summed E-state index contributed by atoms with van der Waals surface area (Å²) in [6.07, 6.45) is 4.65. The zero-order chi connectivity index (χ0) is 10.1. The highest BCUT2D eigenvalue weighted by Gasteiger charge is 2.27. The maximum Gasteiger partial charge on any atom is 0.0928 e. The first-order chi connectivity index (χ1) is 6.68. The summed E-state index contributed by atoms with van der Waals surface area (Å²) >= 11 is 1.65. The van der Waals surface area contributed by atoms with Gasteiger partial charge >= 0.3 is 0 Å². The number of aliphatic hydroxyl groups is 1. The van der Waals surface area contributed by atoms with Crippen molar-refractivity contribution in [3.05, 3.63) is 15.6 Å². The number of hydrogen-bond donors (Lipinski definition) is 1. The van der Waals surface area contributed by atoms with E-state index in [4.69, 9.17) is 0 Å². The third-order valence-electron chi connectivity index (χ3n) is 3.05. The molecule has 2 rings (SSSR count). The van der Waals surface area contributed by atoms with Crippen molar-refractivity contribution in [2.75, 3.05) is 0 Å². The van der Waals surface area contributed by atoms with Crippen LogP contribution < -0.4 is 0 Å². The van der Waals surface area contributed by atoms with Crippen LogP contribution in [0.4, 0.5) is 0 Å². The van der Waals surface area contributed by atoms with Gasteiger partial charge in [0.25, 0.3) is 0 Å². The number of aromatic nitrogens is 1. The fourth-order valence-corrected chi connectivity index (χ4v) is 3.32. The Morgan fingerprint density at radius 2 is 2.00 bits per heavy atom. The van der Waals surface area contributed by atoms with Crippen molar-refractivity contribution in [1.29, 1.82) is 0 Å². The molecule has 1 unspecified atom stereocenters. The molecule has 0 saturated heterocycles. The summed E-state index contributed by atoms with van der Waals surface area (Å²) in [4.78, 5) is 5.45. The van der Waals surface area contributed by atoms with Crippen LogP contribution in [-0.2, 0) is 0 Å². The Bertz CT molecular complexity index is 315. The van der Waals surface area contributed by atoms with Gasteiger partial charge in [0, 0.05) is 0 Å². The Morgan fingerprint density at radius 1 is 1.36 bits per heavy atom. The first-order valence-electron chi connectivity index (χ1n) is 5.30. The third-order valence-corrected chi connectivity index (χ3v) is 4.20. The minimum atomic E-state index is -0.260. The van der Waals surface area contributed by atoms with Gasteiger partial charge in [0.1, 0.15) is 0 Å². The molecular weight excluding hydrogens is 194 g/mol. The molecule has 78 valence electrons. The quantitative estimate of drug-likeness (QED) is 0.815. The lowest BCUT2D eigenvalue weighted by Gasteiger charge is -2.16. The van der Waals surface area contributed by atoms with E-state index >= 15 is 0 Å². The molecule has 1 fully saturated rings. The van der Waals surface area contributed by atoms with Crippen LogP contribution in [0.2, 0.25) is 0 Å². The second-order valence-corrected chi connectivity index (χ2v) is 5.41. The molecular formula is C11H17NOS. The zero-order valence-corrected chi connectivity index (χ0v) is 9.60. The number of thiazole rings is 1. The maximum absolute atomic E-state index is 10.2. The van der Waals surface area contributed by atoms with Crippen LogP contribution in [-0.4, -0.2) is 10.1 Å². The molecule has 0 aromatic carbocycles. The largest absolute Gasteiger partial charge is 0.387 e. The third kappa shape index (κ3) is 1.84. The minimum absolute atomic E-state index is 0.260. The summed E-state index contributed by atoms with van der Waals surface area (Å²) in [6, 6.07) is 0. The van der Waals surface area contributed by atoms with Crippen molar-refractivity contribution < 1.29 is 5.11 Å². The Labute approximate surface area is 89.0 Å². The van der Waals surface area contributed by atoms with Crippen molar-refractivity contribution in [3.63, 3.8) is 0 Å². The molecule has 1 saturated carbocycles. The molecule has 1 N–H and O–H groups in total. The molecule has 0 amide bonds. The fraction of sp³-hybridized carbons (Fsp3) is 0.727. The van der Waals surface area contributed by atoms with Gasteiger partial charge < -0.3 is 5.11 Å². The SMILES string of the molecule is Cc1nc(C)c(C(O)C2CCCC2)s1. The molecule has 1 atom stereocenters. The monoisotopic (exact) mass is 211 g/mol. The van der Waals surface area contributed by atoms with Gasteiger partial charge in [0.15, 0.2) is 0 Å². The number of rotatable bonds is 2. The lowest BCUT2D eigenvalue weighted by Crippen LogP contribution is -2.08. The summed E-state index contributed by atoms with van der Waals surface area (Å²) in [5.74, 6) is 0.480. The van der Waals surface area contributed by atoms with Gasteiger partial charge in [-0.15, -0.1) is 11.3 Å². The van der Waals surface area contributed by atoms with Gasteiger partial charge in [-0.25, -0.2) is 4.98 Å². The Balaban J connectivity index is 2.17. The van der Waals surface area contributed by atoms with Gasteiger partial charge in [-0.2, -0.15) is 0 Å². The van der Waals surface area contributed by atoms with E-state index in [0.29, 0.717) is 5.92 Å². The predicted molar refractivity (Wildman–Crippen MR) is 58.5 cm³/mol. The molecule has 1 heterocycles. The molecule has 3 heteroatoms. The predicted octanol–water partition coefficient (Wildman–Crippen LogP) is 2.98. The normalized spacial score (nSPS) is 20.2. The van der Waals surface area contributed by atoms with Crippen LogP contribution in [0.15, 0.2) is 0 Å².